The van der Waals surface area contributed by atoms with Crippen LogP contribution in [0.15, 0.2) is 36.4 Å². The number of aryl methyl sites for hydroxylation is 1. The minimum Gasteiger partial charge on any atom is -0.0620 e. The van der Waals surface area contributed by atoms with E-state index in [1.165, 1.54) is 44.1 Å². The van der Waals surface area contributed by atoms with Gasteiger partial charge in [-0.25, -0.2) is 0 Å². The molecule has 1 fully saturated rings. The Hall–Kier alpha value is -1.56. The van der Waals surface area contributed by atoms with Crippen molar-refractivity contribution in [2.24, 2.45) is 0 Å². The average Bonchev–Trinajstić information content (AvgIpc) is 3.36. The fraction of sp³-hybridized carbons (Fsp3) is 0.429. The van der Waals surface area contributed by atoms with Gasteiger partial charge in [0.05, 0.1) is 0 Å². The summed E-state index contributed by atoms with van der Waals surface area (Å²) in [5.74, 6) is 0.850. The molecule has 0 nitrogen and oxygen atoms in total. The molecule has 0 radical (unpaired) electrons. The van der Waals surface area contributed by atoms with Gasteiger partial charge in [-0.05, 0) is 91.2 Å². The lowest BCUT2D eigenvalue weighted by molar-refractivity contribution is 0.676. The Morgan fingerprint density at radius 2 is 1.62 bits per heavy atom. The summed E-state index contributed by atoms with van der Waals surface area (Å²) in [7, 11) is 0. The van der Waals surface area contributed by atoms with Gasteiger partial charge in [0.2, 0.25) is 0 Å². The maximum Gasteiger partial charge on any atom is -0.00201 e. The van der Waals surface area contributed by atoms with Crippen LogP contribution in [-0.4, -0.2) is 0 Å². The van der Waals surface area contributed by atoms with Gasteiger partial charge >= 0.3 is 0 Å². The Morgan fingerprint density at radius 3 is 2.43 bits per heavy atom. The van der Waals surface area contributed by atoms with Gasteiger partial charge in [0.1, 0.15) is 0 Å². The second kappa shape index (κ2) is 5.33. The largest absolute Gasteiger partial charge is 0.0620 e. The molecule has 1 saturated carbocycles. The van der Waals surface area contributed by atoms with Crippen LogP contribution in [0.2, 0.25) is 0 Å². The standard InChI is InChI=1S/C21H24/c1-15-10-11-18(21-9-5-4-7-19(15)21)14-17-6-2-3-8-20(17)16-12-13-16/h2-3,6,8,10-11,16H,4-5,7,9,12-14H2,1H3. The van der Waals surface area contributed by atoms with Crippen molar-refractivity contribution < 1.29 is 0 Å². The van der Waals surface area contributed by atoms with Gasteiger partial charge in [-0.15, -0.1) is 0 Å². The maximum atomic E-state index is 2.39. The Labute approximate surface area is 128 Å². The first-order chi connectivity index (χ1) is 10.3. The lowest BCUT2D eigenvalue weighted by Gasteiger charge is -2.22. The van der Waals surface area contributed by atoms with Crippen LogP contribution in [0.25, 0.3) is 0 Å². The zero-order valence-electron chi connectivity index (χ0n) is 13.0. The quantitative estimate of drug-likeness (QED) is 0.709. The van der Waals surface area contributed by atoms with Crippen LogP contribution in [0.4, 0.5) is 0 Å². The molecule has 4 rings (SSSR count). The third-order valence-electron chi connectivity index (χ3n) is 5.32. The van der Waals surface area contributed by atoms with Crippen LogP contribution >= 0.6 is 0 Å². The van der Waals surface area contributed by atoms with Gasteiger partial charge in [-0.2, -0.15) is 0 Å². The molecular weight excluding hydrogens is 252 g/mol. The van der Waals surface area contributed by atoms with Crippen molar-refractivity contribution in [1.82, 2.24) is 0 Å². The van der Waals surface area contributed by atoms with E-state index in [-0.39, 0.29) is 0 Å². The number of fused-ring (bicyclic) bond motifs is 1. The molecule has 21 heavy (non-hydrogen) atoms. The maximum absolute atomic E-state index is 2.39. The van der Waals surface area contributed by atoms with Crippen molar-refractivity contribution >= 4 is 0 Å². The molecule has 0 amide bonds. The summed E-state index contributed by atoms with van der Waals surface area (Å²) in [5.41, 5.74) is 9.60. The summed E-state index contributed by atoms with van der Waals surface area (Å²) in [6.07, 6.45) is 9.24. The minimum absolute atomic E-state index is 0.850. The van der Waals surface area contributed by atoms with Crippen LogP contribution in [0.1, 0.15) is 65.0 Å². The van der Waals surface area contributed by atoms with E-state index in [9.17, 15) is 0 Å². The molecule has 0 aromatic heterocycles. The van der Waals surface area contributed by atoms with Gasteiger partial charge in [-0.1, -0.05) is 36.4 Å². The Balaban J connectivity index is 1.72. The number of benzene rings is 2. The predicted molar refractivity (Wildman–Crippen MR) is 89.0 cm³/mol. The van der Waals surface area contributed by atoms with Crippen molar-refractivity contribution in [3.05, 3.63) is 69.8 Å². The Kier molecular flexibility index (Phi) is 3.33. The van der Waals surface area contributed by atoms with Gasteiger partial charge < -0.3 is 0 Å². The molecule has 0 heterocycles. The van der Waals surface area contributed by atoms with E-state index >= 15 is 0 Å². The molecule has 0 spiro atoms. The molecule has 0 aliphatic heterocycles. The van der Waals surface area contributed by atoms with Gasteiger partial charge in [-0.3, -0.25) is 0 Å². The van der Waals surface area contributed by atoms with Gasteiger partial charge in [0.15, 0.2) is 0 Å². The lowest BCUT2D eigenvalue weighted by atomic mass is 9.83. The predicted octanol–water partition coefficient (Wildman–Crippen LogP) is 5.34. The molecule has 108 valence electrons. The highest BCUT2D eigenvalue weighted by Gasteiger charge is 2.26. The first-order valence-corrected chi connectivity index (χ1v) is 8.51. The van der Waals surface area contributed by atoms with Crippen molar-refractivity contribution in [2.75, 3.05) is 0 Å². The fourth-order valence-electron chi connectivity index (χ4n) is 3.98. The molecule has 0 bridgehead atoms. The molecule has 2 aliphatic carbocycles. The third kappa shape index (κ3) is 2.52. The highest BCUT2D eigenvalue weighted by atomic mass is 14.3. The summed E-state index contributed by atoms with van der Waals surface area (Å²) >= 11 is 0. The van der Waals surface area contributed by atoms with E-state index in [2.05, 4.69) is 43.3 Å². The van der Waals surface area contributed by atoms with Gasteiger partial charge in [0, 0.05) is 0 Å². The van der Waals surface area contributed by atoms with Crippen LogP contribution in [0, 0.1) is 6.92 Å². The third-order valence-corrected chi connectivity index (χ3v) is 5.32. The first kappa shape index (κ1) is 13.1. The summed E-state index contributed by atoms with van der Waals surface area (Å²) in [6.45, 7) is 2.28. The molecule has 0 N–H and O–H groups in total. The van der Waals surface area contributed by atoms with Crippen molar-refractivity contribution in [2.45, 2.75) is 57.8 Å². The minimum atomic E-state index is 0.850. The molecule has 0 saturated heterocycles. The van der Waals surface area contributed by atoms with Crippen molar-refractivity contribution in [3.8, 4) is 0 Å². The molecule has 0 atom stereocenters. The van der Waals surface area contributed by atoms with Crippen LogP contribution in [-0.2, 0) is 19.3 Å². The summed E-state index contributed by atoms with van der Waals surface area (Å²) < 4.78 is 0. The summed E-state index contributed by atoms with van der Waals surface area (Å²) in [5, 5.41) is 0. The number of hydrogen-bond donors (Lipinski definition) is 0. The van der Waals surface area contributed by atoms with E-state index in [0.717, 1.165) is 12.3 Å². The second-order valence-corrected chi connectivity index (χ2v) is 6.86. The fourth-order valence-corrected chi connectivity index (χ4v) is 3.98. The van der Waals surface area contributed by atoms with E-state index in [1.54, 1.807) is 27.8 Å². The second-order valence-electron chi connectivity index (χ2n) is 6.86. The summed E-state index contributed by atoms with van der Waals surface area (Å²) in [6, 6.07) is 13.9. The van der Waals surface area contributed by atoms with E-state index < -0.39 is 0 Å². The van der Waals surface area contributed by atoms with Gasteiger partial charge in [0.25, 0.3) is 0 Å². The normalized spacial score (nSPS) is 17.6. The van der Waals surface area contributed by atoms with Crippen LogP contribution < -0.4 is 0 Å². The van der Waals surface area contributed by atoms with Crippen LogP contribution in [0.5, 0.6) is 0 Å². The molecule has 2 aromatic rings. The molecule has 0 heteroatoms. The first-order valence-electron chi connectivity index (χ1n) is 8.51. The molecule has 2 aliphatic rings. The van der Waals surface area contributed by atoms with Crippen LogP contribution in [0.3, 0.4) is 0 Å². The molecule has 0 unspecified atom stereocenters. The van der Waals surface area contributed by atoms with Crippen molar-refractivity contribution in [1.29, 1.82) is 0 Å². The number of rotatable bonds is 3. The molecule has 2 aromatic carbocycles. The lowest BCUT2D eigenvalue weighted by Crippen LogP contribution is -2.09. The Bertz CT molecular complexity index is 662. The number of hydrogen-bond acceptors (Lipinski definition) is 0. The zero-order chi connectivity index (χ0) is 14.2. The van der Waals surface area contributed by atoms with E-state index in [4.69, 9.17) is 0 Å². The van der Waals surface area contributed by atoms with Crippen molar-refractivity contribution in [3.63, 3.8) is 0 Å². The Morgan fingerprint density at radius 1 is 0.857 bits per heavy atom. The average molecular weight is 276 g/mol. The molecular formula is C21H24. The highest BCUT2D eigenvalue weighted by molar-refractivity contribution is 5.46. The SMILES string of the molecule is Cc1ccc(Cc2ccccc2C2CC2)c2c1CCCC2. The van der Waals surface area contributed by atoms with E-state index in [1.807, 2.05) is 0 Å². The summed E-state index contributed by atoms with van der Waals surface area (Å²) in [4.78, 5) is 0. The zero-order valence-corrected chi connectivity index (χ0v) is 13.0. The smallest absolute Gasteiger partial charge is 0.00201 e. The topological polar surface area (TPSA) is 0 Å². The monoisotopic (exact) mass is 276 g/mol. The highest BCUT2D eigenvalue weighted by Crippen LogP contribution is 2.42. The van der Waals surface area contributed by atoms with E-state index in [0.29, 0.717) is 0 Å².